The van der Waals surface area contributed by atoms with Gasteiger partial charge in [-0.25, -0.2) is 14.5 Å². The van der Waals surface area contributed by atoms with Gasteiger partial charge in [-0.1, -0.05) is 0 Å². The Hall–Kier alpha value is -2.51. The molecule has 2 heterocycles. The van der Waals surface area contributed by atoms with E-state index in [0.717, 1.165) is 0 Å². The summed E-state index contributed by atoms with van der Waals surface area (Å²) in [4.78, 5) is 41.3. The third-order valence-electron chi connectivity index (χ3n) is 4.78. The number of hydrogen-bond acceptors (Lipinski definition) is 6. The first-order valence-electron chi connectivity index (χ1n) is 7.41. The van der Waals surface area contributed by atoms with E-state index in [9.17, 15) is 14.4 Å². The van der Waals surface area contributed by atoms with Gasteiger partial charge in [0.15, 0.2) is 11.4 Å². The fourth-order valence-corrected chi connectivity index (χ4v) is 3.55. The van der Waals surface area contributed by atoms with Gasteiger partial charge in [0.1, 0.15) is 16.8 Å². The van der Waals surface area contributed by atoms with Crippen LogP contribution < -0.4 is 5.32 Å². The number of amides is 1. The zero-order chi connectivity index (χ0) is 17.0. The van der Waals surface area contributed by atoms with Crippen LogP contribution in [0.1, 0.15) is 37.6 Å². The van der Waals surface area contributed by atoms with Crippen LogP contribution in [0.15, 0.2) is 11.2 Å². The lowest BCUT2D eigenvalue weighted by Gasteiger charge is -2.27. The van der Waals surface area contributed by atoms with E-state index in [2.05, 4.69) is 15.4 Å². The lowest BCUT2D eigenvalue weighted by molar-refractivity contribution is -0.151. The second-order valence-corrected chi connectivity index (χ2v) is 5.79. The minimum Gasteiger partial charge on any atom is -0.464 e. The molecule has 0 bridgehead atoms. The molecule has 1 N–H and O–H groups in total. The molecule has 8 heteroatoms. The van der Waals surface area contributed by atoms with Crippen LogP contribution >= 0.6 is 0 Å². The number of aromatic nitrogens is 2. The zero-order valence-electron chi connectivity index (χ0n) is 13.5. The molecule has 1 aromatic rings. The Morgan fingerprint density at radius 1 is 1.43 bits per heavy atom. The van der Waals surface area contributed by atoms with Crippen LogP contribution in [0.2, 0.25) is 0 Å². The summed E-state index contributed by atoms with van der Waals surface area (Å²) < 4.78 is 6.57. The molecule has 1 saturated carbocycles. The van der Waals surface area contributed by atoms with Gasteiger partial charge in [-0.3, -0.25) is 9.59 Å². The van der Waals surface area contributed by atoms with E-state index in [0.29, 0.717) is 5.71 Å². The molecule has 2 atom stereocenters. The lowest BCUT2D eigenvalue weighted by atomic mass is 9.88. The average molecular weight is 318 g/mol. The molecule has 2 aliphatic rings. The molecule has 122 valence electrons. The Morgan fingerprint density at radius 2 is 2.13 bits per heavy atom. The first-order chi connectivity index (χ1) is 10.9. The van der Waals surface area contributed by atoms with Gasteiger partial charge in [0.05, 0.1) is 12.8 Å². The van der Waals surface area contributed by atoms with E-state index in [1.807, 2.05) is 0 Å². The number of carbonyl (C=O) groups is 3. The van der Waals surface area contributed by atoms with E-state index in [1.54, 1.807) is 13.8 Å². The van der Waals surface area contributed by atoms with Gasteiger partial charge in [0.2, 0.25) is 0 Å². The quantitative estimate of drug-likeness (QED) is 0.818. The van der Waals surface area contributed by atoms with Crippen LogP contribution in [0.3, 0.4) is 0 Å². The van der Waals surface area contributed by atoms with Crippen LogP contribution in [0.5, 0.6) is 0 Å². The fraction of sp³-hybridized carbons (Fsp3) is 0.533. The summed E-state index contributed by atoms with van der Waals surface area (Å²) in [6, 6.07) is 0. The van der Waals surface area contributed by atoms with Crippen molar-refractivity contribution in [3.63, 3.8) is 0 Å². The molecule has 8 nitrogen and oxygen atoms in total. The summed E-state index contributed by atoms with van der Waals surface area (Å²) in [6.45, 7) is 5.04. The predicted molar refractivity (Wildman–Crippen MR) is 80.7 cm³/mol. The van der Waals surface area contributed by atoms with Crippen molar-refractivity contribution in [1.29, 1.82) is 0 Å². The normalized spacial score (nSPS) is 27.4. The van der Waals surface area contributed by atoms with Crippen molar-refractivity contribution in [3.8, 4) is 0 Å². The van der Waals surface area contributed by atoms with Crippen molar-refractivity contribution in [2.45, 2.75) is 32.7 Å². The third-order valence-corrected chi connectivity index (χ3v) is 4.78. The molecule has 3 rings (SSSR count). The summed E-state index contributed by atoms with van der Waals surface area (Å²) in [5.74, 6) is -0.742. The topological polar surface area (TPSA) is 103 Å². The molecular weight excluding hydrogens is 300 g/mol. The van der Waals surface area contributed by atoms with Crippen molar-refractivity contribution in [1.82, 2.24) is 15.1 Å². The molecular formula is C15H18N4O4. The molecule has 2 unspecified atom stereocenters. The Morgan fingerprint density at radius 3 is 2.70 bits per heavy atom. The highest BCUT2D eigenvalue weighted by Gasteiger charge is 2.81. The zero-order valence-corrected chi connectivity index (χ0v) is 13.5. The molecule has 1 aliphatic carbocycles. The van der Waals surface area contributed by atoms with Crippen LogP contribution in [-0.4, -0.2) is 46.8 Å². The molecule has 1 aromatic heterocycles. The Balaban J connectivity index is 2.23. The van der Waals surface area contributed by atoms with Gasteiger partial charge >= 0.3 is 5.97 Å². The van der Waals surface area contributed by atoms with Gasteiger partial charge in [0, 0.05) is 19.2 Å². The molecule has 1 fully saturated rings. The highest BCUT2D eigenvalue weighted by Crippen LogP contribution is 2.66. The van der Waals surface area contributed by atoms with Crippen molar-refractivity contribution >= 4 is 29.2 Å². The van der Waals surface area contributed by atoms with Crippen LogP contribution in [0.25, 0.3) is 0 Å². The molecule has 0 spiro atoms. The molecule has 0 aromatic carbocycles. The van der Waals surface area contributed by atoms with E-state index in [4.69, 9.17) is 4.74 Å². The number of nitrogens with zero attached hydrogens (tertiary/aromatic N) is 3. The number of esters is 1. The minimum absolute atomic E-state index is 0.158. The van der Waals surface area contributed by atoms with Gasteiger partial charge in [-0.2, -0.15) is 5.10 Å². The average Bonchev–Trinajstić information content (AvgIpc) is 3.10. The van der Waals surface area contributed by atoms with Crippen LogP contribution in [0, 0.1) is 5.41 Å². The van der Waals surface area contributed by atoms with E-state index in [1.165, 1.54) is 24.9 Å². The number of rotatable bonds is 4. The summed E-state index contributed by atoms with van der Waals surface area (Å²) in [6.07, 6.45) is 1.62. The number of Topliss-reactive ketones (excluding diaryl/α,β-unsaturated/α-hetero) is 1. The number of ether oxygens (including phenoxy) is 1. The predicted octanol–water partition coefficient (Wildman–Crippen LogP) is 0.586. The van der Waals surface area contributed by atoms with Crippen molar-refractivity contribution < 1.29 is 19.1 Å². The molecule has 0 radical (unpaired) electrons. The maximum atomic E-state index is 12.6. The van der Waals surface area contributed by atoms with Crippen molar-refractivity contribution in [2.75, 3.05) is 13.7 Å². The molecule has 1 amide bonds. The summed E-state index contributed by atoms with van der Waals surface area (Å²) in [5, 5.41) is 6.70. The van der Waals surface area contributed by atoms with Gasteiger partial charge < -0.3 is 10.1 Å². The molecule has 0 saturated heterocycles. The second-order valence-electron chi connectivity index (χ2n) is 5.79. The maximum Gasteiger partial charge on any atom is 0.335 e. The standard InChI is InChI=1S/C15H18N4O4/c1-5-23-13(22)15-7-14(15,9(3)20)8(2)18-11-10(12(21)16-4)6-17-19(11)15/h6H,5,7H2,1-4H3,(H,16,21). The fourth-order valence-electron chi connectivity index (χ4n) is 3.55. The van der Waals surface area contributed by atoms with E-state index >= 15 is 0 Å². The maximum absolute atomic E-state index is 12.6. The Kier molecular flexibility index (Phi) is 3.17. The van der Waals surface area contributed by atoms with Crippen LogP contribution in [-0.2, 0) is 19.9 Å². The highest BCUT2D eigenvalue weighted by molar-refractivity contribution is 6.19. The molecule has 1 aliphatic heterocycles. The number of aliphatic imine (C=N–C) groups is 1. The largest absolute Gasteiger partial charge is 0.464 e. The number of ketones is 1. The number of nitrogens with one attached hydrogen (secondary N) is 1. The Labute approximate surface area is 132 Å². The number of hydrogen-bond donors (Lipinski definition) is 1. The smallest absolute Gasteiger partial charge is 0.335 e. The first-order valence-corrected chi connectivity index (χ1v) is 7.41. The summed E-state index contributed by atoms with van der Waals surface area (Å²) in [5.41, 5.74) is -1.49. The lowest BCUT2D eigenvalue weighted by Crippen LogP contribution is -2.44. The molecule has 23 heavy (non-hydrogen) atoms. The summed E-state index contributed by atoms with van der Waals surface area (Å²) >= 11 is 0. The minimum atomic E-state index is -1.23. The van der Waals surface area contributed by atoms with Crippen molar-refractivity contribution in [3.05, 3.63) is 11.8 Å². The van der Waals surface area contributed by atoms with E-state index in [-0.39, 0.29) is 36.1 Å². The van der Waals surface area contributed by atoms with Gasteiger partial charge in [0.25, 0.3) is 5.91 Å². The first kappa shape index (κ1) is 15.4. The van der Waals surface area contributed by atoms with Gasteiger partial charge in [-0.15, -0.1) is 0 Å². The van der Waals surface area contributed by atoms with Gasteiger partial charge in [-0.05, 0) is 20.8 Å². The monoisotopic (exact) mass is 318 g/mol. The van der Waals surface area contributed by atoms with Crippen LogP contribution in [0.4, 0.5) is 5.82 Å². The second kappa shape index (κ2) is 4.74. The SMILES string of the molecule is CCOC(=O)C12CC1(C(C)=O)C(C)=Nc1c(C(=O)NC)cnn12. The van der Waals surface area contributed by atoms with Crippen molar-refractivity contribution in [2.24, 2.45) is 10.4 Å². The third kappa shape index (κ3) is 1.63. The summed E-state index contributed by atoms with van der Waals surface area (Å²) in [7, 11) is 1.50. The number of fused-ring (bicyclic) bond motifs is 3. The Bertz CT molecular complexity index is 766. The van der Waals surface area contributed by atoms with E-state index < -0.39 is 16.9 Å². The highest BCUT2D eigenvalue weighted by atomic mass is 16.5. The number of carbonyl (C=O) groups excluding carboxylic acids is 3.